The first-order valence-electron chi connectivity index (χ1n) is 8.28. The van der Waals surface area contributed by atoms with Gasteiger partial charge in [-0.15, -0.1) is 0 Å². The van der Waals surface area contributed by atoms with Gasteiger partial charge in [-0.3, -0.25) is 4.99 Å². The molecule has 0 bridgehead atoms. The molecule has 0 N–H and O–H groups in total. The maximum Gasteiger partial charge on any atom is 0.191 e. The monoisotopic (exact) mass is 327 g/mol. The molecule has 0 atom stereocenters. The van der Waals surface area contributed by atoms with E-state index in [4.69, 9.17) is 14.2 Å². The summed E-state index contributed by atoms with van der Waals surface area (Å²) < 4.78 is 16.4. The van der Waals surface area contributed by atoms with Gasteiger partial charge in [-0.1, -0.05) is 36.4 Å². The zero-order chi connectivity index (χ0) is 17.0. The van der Waals surface area contributed by atoms with E-state index in [1.807, 2.05) is 56.5 Å². The van der Waals surface area contributed by atoms with E-state index < -0.39 is 0 Å². The van der Waals surface area contributed by atoms with E-state index in [1.54, 1.807) is 0 Å². The summed E-state index contributed by atoms with van der Waals surface area (Å²) in [7, 11) is 0. The molecule has 4 heteroatoms. The molecule has 0 amide bonds. The van der Waals surface area contributed by atoms with E-state index in [-0.39, 0.29) is 6.29 Å². The first-order chi connectivity index (χ1) is 11.8. The number of rotatable bonds is 8. The zero-order valence-corrected chi connectivity index (χ0v) is 14.4. The van der Waals surface area contributed by atoms with Gasteiger partial charge in [0.25, 0.3) is 0 Å². The maximum atomic E-state index is 5.66. The number of ether oxygens (including phenoxy) is 3. The van der Waals surface area contributed by atoms with E-state index in [2.05, 4.69) is 23.2 Å². The lowest BCUT2D eigenvalue weighted by Crippen LogP contribution is -2.18. The lowest BCUT2D eigenvalue weighted by molar-refractivity contribution is -0.0684. The fourth-order valence-electron chi connectivity index (χ4n) is 2.14. The van der Waals surface area contributed by atoms with Crippen LogP contribution in [0.15, 0.2) is 59.1 Å². The Labute approximate surface area is 144 Å². The van der Waals surface area contributed by atoms with Crippen molar-refractivity contribution in [3.8, 4) is 5.75 Å². The van der Waals surface area contributed by atoms with Crippen LogP contribution in [0.4, 0.5) is 0 Å². The van der Waals surface area contributed by atoms with Crippen LogP contribution in [-0.4, -0.2) is 38.9 Å². The number of hydrogen-bond acceptors (Lipinski definition) is 4. The summed E-state index contributed by atoms with van der Waals surface area (Å²) in [6.45, 7) is 6.51. The Hall–Kier alpha value is -2.17. The van der Waals surface area contributed by atoms with Gasteiger partial charge in [0, 0.05) is 12.8 Å². The lowest BCUT2D eigenvalue weighted by atomic mass is 10.1. The number of nitrogens with zero attached hydrogens (tertiary/aromatic N) is 1. The highest BCUT2D eigenvalue weighted by Gasteiger charge is 2.16. The lowest BCUT2D eigenvalue weighted by Gasteiger charge is -2.10. The Morgan fingerprint density at radius 3 is 2.62 bits per heavy atom. The molecule has 128 valence electrons. The minimum absolute atomic E-state index is 0.247. The Bertz CT molecular complexity index is 594. The van der Waals surface area contributed by atoms with Crippen molar-refractivity contribution < 1.29 is 14.2 Å². The molecular formula is C20H25NO3. The third-order valence-electron chi connectivity index (χ3n) is 3.34. The molecule has 4 nitrogen and oxygen atoms in total. The van der Waals surface area contributed by atoms with Crippen molar-refractivity contribution in [1.82, 2.24) is 0 Å². The second-order valence-electron chi connectivity index (χ2n) is 5.20. The molecule has 2 rings (SSSR count). The number of hydrogen-bond donors (Lipinski definition) is 0. The van der Waals surface area contributed by atoms with Crippen LogP contribution in [0.2, 0.25) is 0 Å². The van der Waals surface area contributed by atoms with Gasteiger partial charge < -0.3 is 14.2 Å². The molecule has 1 heterocycles. The van der Waals surface area contributed by atoms with Crippen molar-refractivity contribution in [2.45, 2.75) is 20.1 Å². The van der Waals surface area contributed by atoms with Crippen LogP contribution in [0.3, 0.4) is 0 Å². The number of allylic oxidation sites excluding steroid dienone is 5. The molecular weight excluding hydrogens is 302 g/mol. The SMILES string of the molecule is C\C=C/C(/C=C/c1ccc(OCC2OCCO2)cc1)=C\C=NCC. The first kappa shape index (κ1) is 18.2. The normalized spacial score (nSPS) is 16.8. The van der Waals surface area contributed by atoms with Crippen molar-refractivity contribution in [3.63, 3.8) is 0 Å². The molecule has 24 heavy (non-hydrogen) atoms. The van der Waals surface area contributed by atoms with Crippen molar-refractivity contribution in [2.24, 2.45) is 4.99 Å². The molecule has 1 aliphatic rings. The molecule has 0 radical (unpaired) electrons. The summed E-state index contributed by atoms with van der Waals surface area (Å²) >= 11 is 0. The largest absolute Gasteiger partial charge is 0.488 e. The van der Waals surface area contributed by atoms with E-state index in [0.29, 0.717) is 19.8 Å². The van der Waals surface area contributed by atoms with Crippen LogP contribution in [0.1, 0.15) is 19.4 Å². The smallest absolute Gasteiger partial charge is 0.191 e. The van der Waals surface area contributed by atoms with Crippen molar-refractivity contribution in [1.29, 1.82) is 0 Å². The molecule has 0 aliphatic carbocycles. The van der Waals surface area contributed by atoms with Crippen LogP contribution in [0.25, 0.3) is 6.08 Å². The summed E-state index contributed by atoms with van der Waals surface area (Å²) in [5.74, 6) is 0.811. The van der Waals surface area contributed by atoms with Crippen molar-refractivity contribution >= 4 is 12.3 Å². The summed E-state index contributed by atoms with van der Waals surface area (Å²) in [6.07, 6.45) is 11.8. The first-order valence-corrected chi connectivity index (χ1v) is 8.28. The predicted octanol–water partition coefficient (Wildman–Crippen LogP) is 4.04. The number of benzene rings is 1. The average Bonchev–Trinajstić information content (AvgIpc) is 3.12. The summed E-state index contributed by atoms with van der Waals surface area (Å²) in [4.78, 5) is 4.21. The fraction of sp³-hybridized carbons (Fsp3) is 0.350. The van der Waals surface area contributed by atoms with Gasteiger partial charge in [-0.05, 0) is 43.2 Å². The van der Waals surface area contributed by atoms with Crippen molar-refractivity contribution in [2.75, 3.05) is 26.4 Å². The second-order valence-corrected chi connectivity index (χ2v) is 5.20. The molecule has 1 saturated heterocycles. The highest BCUT2D eigenvalue weighted by molar-refractivity contribution is 5.75. The molecule has 1 aromatic rings. The summed E-state index contributed by atoms with van der Waals surface area (Å²) in [5, 5.41) is 0. The highest BCUT2D eigenvalue weighted by atomic mass is 16.7. The Kier molecular flexibility index (Phi) is 8.01. The molecule has 0 aromatic heterocycles. The molecule has 1 fully saturated rings. The molecule has 0 saturated carbocycles. The molecule has 1 aliphatic heterocycles. The Morgan fingerprint density at radius 1 is 1.21 bits per heavy atom. The van der Waals surface area contributed by atoms with Crippen LogP contribution < -0.4 is 4.74 Å². The molecule has 0 spiro atoms. The summed E-state index contributed by atoms with van der Waals surface area (Å²) in [6, 6.07) is 7.95. The summed E-state index contributed by atoms with van der Waals surface area (Å²) in [5.41, 5.74) is 2.21. The molecule has 0 unspecified atom stereocenters. The third-order valence-corrected chi connectivity index (χ3v) is 3.34. The van der Waals surface area contributed by atoms with Crippen LogP contribution in [0.5, 0.6) is 5.75 Å². The van der Waals surface area contributed by atoms with Crippen LogP contribution in [0, 0.1) is 0 Å². The second kappa shape index (κ2) is 10.6. The van der Waals surface area contributed by atoms with Gasteiger partial charge >= 0.3 is 0 Å². The quantitative estimate of drug-likeness (QED) is 0.534. The van der Waals surface area contributed by atoms with Crippen LogP contribution in [-0.2, 0) is 9.47 Å². The van der Waals surface area contributed by atoms with Crippen molar-refractivity contribution in [3.05, 3.63) is 59.7 Å². The third kappa shape index (κ3) is 6.52. The Morgan fingerprint density at radius 2 is 1.96 bits per heavy atom. The standard InChI is InChI=1S/C20H25NO3/c1-3-5-17(12-13-21-4-2)6-7-18-8-10-19(11-9-18)24-16-20-22-14-15-23-20/h3,5-13,20H,4,14-16H2,1-2H3/b5-3-,7-6+,17-12+,21-13?. The molecule has 1 aromatic carbocycles. The van der Waals surface area contributed by atoms with E-state index in [9.17, 15) is 0 Å². The van der Waals surface area contributed by atoms with E-state index in [0.717, 1.165) is 23.4 Å². The van der Waals surface area contributed by atoms with E-state index >= 15 is 0 Å². The number of aliphatic imine (C=N–C) groups is 1. The van der Waals surface area contributed by atoms with Crippen LogP contribution >= 0.6 is 0 Å². The fourth-order valence-corrected chi connectivity index (χ4v) is 2.14. The minimum Gasteiger partial charge on any atom is -0.488 e. The van der Waals surface area contributed by atoms with Gasteiger partial charge in [0.05, 0.1) is 13.2 Å². The van der Waals surface area contributed by atoms with Gasteiger partial charge in [-0.25, -0.2) is 0 Å². The Balaban J connectivity index is 1.91. The zero-order valence-electron chi connectivity index (χ0n) is 14.4. The minimum atomic E-state index is -0.247. The average molecular weight is 327 g/mol. The van der Waals surface area contributed by atoms with Gasteiger partial charge in [0.2, 0.25) is 0 Å². The van der Waals surface area contributed by atoms with Gasteiger partial charge in [0.15, 0.2) is 6.29 Å². The highest BCUT2D eigenvalue weighted by Crippen LogP contribution is 2.15. The van der Waals surface area contributed by atoms with Gasteiger partial charge in [-0.2, -0.15) is 0 Å². The topological polar surface area (TPSA) is 40.0 Å². The predicted molar refractivity (Wildman–Crippen MR) is 98.6 cm³/mol. The van der Waals surface area contributed by atoms with E-state index in [1.165, 1.54) is 0 Å². The van der Waals surface area contributed by atoms with Gasteiger partial charge in [0.1, 0.15) is 12.4 Å². The maximum absolute atomic E-state index is 5.66.